The van der Waals surface area contributed by atoms with Gasteiger partial charge in [-0.3, -0.25) is 4.79 Å². The second-order valence-electron chi connectivity index (χ2n) is 6.55. The molecule has 8 heteroatoms. The number of amides is 1. The summed E-state index contributed by atoms with van der Waals surface area (Å²) in [4.78, 5) is 12.6. The molecule has 128 valence electrons. The predicted molar refractivity (Wildman–Crippen MR) is 85.8 cm³/mol. The standard InChI is InChI=1S/C15H23N3O4S/c1-8-7-11(9(2)18(8)3)15(19)16-12-10-5-6-22-14(10)13(12)17-23(4,20)21/h7,10,12-14,17H,5-6H2,1-4H3,(H,16,19)/t10-,12+,13-,14-/m1/s1. The molecule has 0 spiro atoms. The van der Waals surface area contributed by atoms with Crippen molar-refractivity contribution in [3.05, 3.63) is 23.0 Å². The van der Waals surface area contributed by atoms with E-state index in [4.69, 9.17) is 4.74 Å². The van der Waals surface area contributed by atoms with Gasteiger partial charge in [-0.1, -0.05) is 0 Å². The minimum atomic E-state index is -3.35. The highest BCUT2D eigenvalue weighted by molar-refractivity contribution is 7.88. The van der Waals surface area contributed by atoms with E-state index < -0.39 is 16.1 Å². The number of aromatic nitrogens is 1. The maximum atomic E-state index is 12.6. The summed E-state index contributed by atoms with van der Waals surface area (Å²) in [7, 11) is -1.44. The number of carbonyl (C=O) groups is 1. The van der Waals surface area contributed by atoms with Gasteiger partial charge in [0.2, 0.25) is 10.0 Å². The lowest BCUT2D eigenvalue weighted by molar-refractivity contribution is -0.0194. The van der Waals surface area contributed by atoms with Crippen molar-refractivity contribution >= 4 is 15.9 Å². The molecular formula is C15H23N3O4S. The third-order valence-corrected chi connectivity index (χ3v) is 5.75. The molecule has 4 atom stereocenters. The highest BCUT2D eigenvalue weighted by Crippen LogP contribution is 2.39. The van der Waals surface area contributed by atoms with Crippen LogP contribution in [0.15, 0.2) is 6.07 Å². The Morgan fingerprint density at radius 2 is 2.04 bits per heavy atom. The summed E-state index contributed by atoms with van der Waals surface area (Å²) in [6, 6.07) is 1.22. The van der Waals surface area contributed by atoms with E-state index in [9.17, 15) is 13.2 Å². The predicted octanol–water partition coefficient (Wildman–Crippen LogP) is 0.0768. The van der Waals surface area contributed by atoms with Crippen molar-refractivity contribution in [3.8, 4) is 0 Å². The number of rotatable bonds is 4. The second kappa shape index (κ2) is 5.61. The van der Waals surface area contributed by atoms with Crippen molar-refractivity contribution < 1.29 is 17.9 Å². The second-order valence-corrected chi connectivity index (χ2v) is 8.33. The summed E-state index contributed by atoms with van der Waals surface area (Å²) in [5.41, 5.74) is 2.53. The Bertz CT molecular complexity index is 740. The van der Waals surface area contributed by atoms with E-state index in [1.54, 1.807) is 0 Å². The average Bonchev–Trinajstić information content (AvgIpc) is 2.99. The van der Waals surface area contributed by atoms with Crippen LogP contribution in [0.3, 0.4) is 0 Å². The molecule has 2 N–H and O–H groups in total. The Kier molecular flexibility index (Phi) is 4.02. The lowest BCUT2D eigenvalue weighted by Gasteiger charge is -2.47. The number of fused-ring (bicyclic) bond motifs is 1. The van der Waals surface area contributed by atoms with Crippen LogP contribution >= 0.6 is 0 Å². The summed E-state index contributed by atoms with van der Waals surface area (Å²) in [5.74, 6) is 0.00478. The van der Waals surface area contributed by atoms with E-state index in [0.29, 0.717) is 12.2 Å². The molecule has 0 bridgehead atoms. The van der Waals surface area contributed by atoms with Crippen LogP contribution in [0.25, 0.3) is 0 Å². The minimum Gasteiger partial charge on any atom is -0.376 e. The van der Waals surface area contributed by atoms with E-state index in [-0.39, 0.29) is 24.0 Å². The van der Waals surface area contributed by atoms with Gasteiger partial charge in [-0.05, 0) is 26.3 Å². The van der Waals surface area contributed by atoms with Gasteiger partial charge in [0.15, 0.2) is 0 Å². The smallest absolute Gasteiger partial charge is 0.253 e. The number of hydrogen-bond acceptors (Lipinski definition) is 4. The number of sulfonamides is 1. The molecule has 0 unspecified atom stereocenters. The molecular weight excluding hydrogens is 318 g/mol. The van der Waals surface area contributed by atoms with Crippen LogP contribution in [-0.2, 0) is 21.8 Å². The Balaban J connectivity index is 1.77. The summed E-state index contributed by atoms with van der Waals surface area (Å²) in [5, 5.41) is 3.00. The molecule has 1 aliphatic heterocycles. The van der Waals surface area contributed by atoms with Crippen molar-refractivity contribution in [1.82, 2.24) is 14.6 Å². The molecule has 1 aromatic rings. The molecule has 0 radical (unpaired) electrons. The van der Waals surface area contributed by atoms with Crippen LogP contribution in [0.1, 0.15) is 28.2 Å². The quantitative estimate of drug-likeness (QED) is 0.811. The van der Waals surface area contributed by atoms with E-state index in [1.165, 1.54) is 0 Å². The highest BCUT2D eigenvalue weighted by Gasteiger charge is 2.55. The van der Waals surface area contributed by atoms with Crippen molar-refractivity contribution in [2.24, 2.45) is 13.0 Å². The van der Waals surface area contributed by atoms with E-state index in [0.717, 1.165) is 24.1 Å². The van der Waals surface area contributed by atoms with Crippen molar-refractivity contribution in [3.63, 3.8) is 0 Å². The normalized spacial score (nSPS) is 29.9. The first kappa shape index (κ1) is 16.5. The van der Waals surface area contributed by atoms with E-state index in [1.807, 2.05) is 31.5 Å². The van der Waals surface area contributed by atoms with Crippen LogP contribution < -0.4 is 10.0 Å². The summed E-state index contributed by atoms with van der Waals surface area (Å²) >= 11 is 0. The Labute approximate surface area is 136 Å². The lowest BCUT2D eigenvalue weighted by Crippen LogP contribution is -2.70. The first-order chi connectivity index (χ1) is 10.7. The molecule has 2 aliphatic rings. The molecule has 2 heterocycles. The Hall–Kier alpha value is -1.38. The number of nitrogens with one attached hydrogen (secondary N) is 2. The molecule has 3 rings (SSSR count). The molecule has 1 saturated heterocycles. The zero-order valence-corrected chi connectivity index (χ0v) is 14.6. The molecule has 7 nitrogen and oxygen atoms in total. The van der Waals surface area contributed by atoms with Gasteiger partial charge in [-0.2, -0.15) is 0 Å². The topological polar surface area (TPSA) is 89.4 Å². The van der Waals surface area contributed by atoms with Gasteiger partial charge in [0, 0.05) is 31.0 Å². The highest BCUT2D eigenvalue weighted by atomic mass is 32.2. The maximum absolute atomic E-state index is 12.6. The minimum absolute atomic E-state index is 0.145. The molecule has 1 aromatic heterocycles. The SMILES string of the molecule is Cc1cc(C(=O)N[C@H]2[C@H]3CCO[C@H]3[C@@H]2NS(C)(=O)=O)c(C)n1C. The third-order valence-electron chi connectivity index (χ3n) is 5.05. The molecule has 1 aliphatic carbocycles. The lowest BCUT2D eigenvalue weighted by atomic mass is 9.72. The van der Waals surface area contributed by atoms with Crippen LogP contribution in [0.2, 0.25) is 0 Å². The summed E-state index contributed by atoms with van der Waals surface area (Å²) in [6.07, 6.45) is 1.82. The van der Waals surface area contributed by atoms with Gasteiger partial charge in [0.05, 0.1) is 30.0 Å². The molecule has 23 heavy (non-hydrogen) atoms. The van der Waals surface area contributed by atoms with Crippen LogP contribution in [0.4, 0.5) is 0 Å². The van der Waals surface area contributed by atoms with Gasteiger partial charge in [-0.25, -0.2) is 13.1 Å². The maximum Gasteiger partial charge on any atom is 0.253 e. The fourth-order valence-electron chi connectivity index (χ4n) is 3.61. The van der Waals surface area contributed by atoms with Crippen LogP contribution in [-0.4, -0.2) is 49.9 Å². The number of nitrogens with zero attached hydrogens (tertiary/aromatic N) is 1. The molecule has 0 aromatic carbocycles. The fraction of sp³-hybridized carbons (Fsp3) is 0.667. The Morgan fingerprint density at radius 1 is 1.35 bits per heavy atom. The fourth-order valence-corrected chi connectivity index (χ4v) is 4.38. The summed E-state index contributed by atoms with van der Waals surface area (Å²) < 4.78 is 33.2. The molecule has 1 amide bonds. The molecule has 1 saturated carbocycles. The van der Waals surface area contributed by atoms with Crippen molar-refractivity contribution in [2.45, 2.75) is 38.5 Å². The summed E-state index contributed by atoms with van der Waals surface area (Å²) in [6.45, 7) is 4.45. The monoisotopic (exact) mass is 341 g/mol. The first-order valence-corrected chi connectivity index (χ1v) is 9.61. The first-order valence-electron chi connectivity index (χ1n) is 7.71. The van der Waals surface area contributed by atoms with Crippen LogP contribution in [0.5, 0.6) is 0 Å². The Morgan fingerprint density at radius 3 is 2.61 bits per heavy atom. The van der Waals surface area contributed by atoms with E-state index in [2.05, 4.69) is 10.0 Å². The zero-order chi connectivity index (χ0) is 16.9. The van der Waals surface area contributed by atoms with Gasteiger partial charge < -0.3 is 14.6 Å². The number of ether oxygens (including phenoxy) is 1. The molecule has 2 fully saturated rings. The zero-order valence-electron chi connectivity index (χ0n) is 13.8. The van der Waals surface area contributed by atoms with Gasteiger partial charge >= 0.3 is 0 Å². The van der Waals surface area contributed by atoms with Gasteiger partial charge in [-0.15, -0.1) is 0 Å². The largest absolute Gasteiger partial charge is 0.376 e. The average molecular weight is 341 g/mol. The van der Waals surface area contributed by atoms with Crippen LogP contribution in [0, 0.1) is 19.8 Å². The van der Waals surface area contributed by atoms with E-state index >= 15 is 0 Å². The van der Waals surface area contributed by atoms with Gasteiger partial charge in [0.25, 0.3) is 5.91 Å². The van der Waals surface area contributed by atoms with Crippen molar-refractivity contribution in [2.75, 3.05) is 12.9 Å². The number of carbonyl (C=O) groups excluding carboxylic acids is 1. The number of hydrogen-bond donors (Lipinski definition) is 2. The third kappa shape index (κ3) is 2.90. The van der Waals surface area contributed by atoms with Gasteiger partial charge in [0.1, 0.15) is 0 Å². The number of aryl methyl sites for hydroxylation is 1. The van der Waals surface area contributed by atoms with Crippen molar-refractivity contribution in [1.29, 1.82) is 0 Å².